The highest BCUT2D eigenvalue weighted by atomic mass is 35.5. The van der Waals surface area contributed by atoms with E-state index in [-0.39, 0.29) is 5.78 Å². The van der Waals surface area contributed by atoms with Crippen molar-refractivity contribution in [3.05, 3.63) is 92.8 Å². The van der Waals surface area contributed by atoms with Crippen LogP contribution in [0.1, 0.15) is 31.9 Å². The van der Waals surface area contributed by atoms with Crippen LogP contribution in [0.15, 0.2) is 60.7 Å². The number of halogens is 1. The van der Waals surface area contributed by atoms with Crippen molar-refractivity contribution in [1.29, 1.82) is 0 Å². The molecule has 0 aliphatic heterocycles. The molecule has 0 radical (unpaired) electrons. The van der Waals surface area contributed by atoms with Gasteiger partial charge in [-0.15, -0.1) is 11.3 Å². The molecule has 0 aliphatic carbocycles. The van der Waals surface area contributed by atoms with Gasteiger partial charge in [0.25, 0.3) is 0 Å². The van der Waals surface area contributed by atoms with Gasteiger partial charge in [-0.25, -0.2) is 4.79 Å². The standard InChI is InChI=1S/C27H21ClO5S/c1-15-12-18(28)13-16(2)24(15)25(31)27-26(21-10-9-20(32-3)14-22(21)34-27)33-19-7-4-17(5-8-19)6-11-23(29)30/h4-14H,1-3H3,(H,29,30)/b11-6+. The van der Waals surface area contributed by atoms with Gasteiger partial charge in [0, 0.05) is 26.7 Å². The average Bonchev–Trinajstić information content (AvgIpc) is 3.15. The lowest BCUT2D eigenvalue weighted by atomic mass is 9.98. The zero-order chi connectivity index (χ0) is 24.4. The SMILES string of the molecule is COc1ccc2c(Oc3ccc(/C=C/C(=O)O)cc3)c(C(=O)c3c(C)cc(Cl)cc3C)sc2c1. The zero-order valence-corrected chi connectivity index (χ0v) is 20.3. The summed E-state index contributed by atoms with van der Waals surface area (Å²) in [6.07, 6.45) is 2.57. The molecule has 1 heterocycles. The number of fused-ring (bicyclic) bond motifs is 1. The van der Waals surface area contributed by atoms with Crippen molar-refractivity contribution in [2.24, 2.45) is 0 Å². The minimum Gasteiger partial charge on any atom is -0.497 e. The Kier molecular flexibility index (Phi) is 6.72. The molecule has 4 aromatic rings. The van der Waals surface area contributed by atoms with E-state index in [1.54, 1.807) is 43.5 Å². The van der Waals surface area contributed by atoms with Gasteiger partial charge in [0.2, 0.25) is 5.78 Å². The number of carbonyl (C=O) groups excluding carboxylic acids is 1. The summed E-state index contributed by atoms with van der Waals surface area (Å²) in [5.74, 6) is 0.531. The van der Waals surface area contributed by atoms with Crippen molar-refractivity contribution in [2.45, 2.75) is 13.8 Å². The molecule has 0 unspecified atom stereocenters. The van der Waals surface area contributed by atoms with E-state index in [1.807, 2.05) is 32.0 Å². The van der Waals surface area contributed by atoms with Gasteiger partial charge < -0.3 is 14.6 Å². The number of aliphatic carboxylic acids is 1. The lowest BCUT2D eigenvalue weighted by Gasteiger charge is -2.11. The number of carboxylic acid groups (broad SMARTS) is 1. The number of rotatable bonds is 7. The number of ether oxygens (including phenoxy) is 2. The number of hydrogen-bond acceptors (Lipinski definition) is 5. The molecule has 3 aromatic carbocycles. The van der Waals surface area contributed by atoms with Crippen LogP contribution in [0.25, 0.3) is 16.2 Å². The molecule has 0 fully saturated rings. The summed E-state index contributed by atoms with van der Waals surface area (Å²) < 4.78 is 12.5. The number of aryl methyl sites for hydroxylation is 2. The van der Waals surface area contributed by atoms with Crippen molar-refractivity contribution < 1.29 is 24.2 Å². The van der Waals surface area contributed by atoms with Crippen LogP contribution in [0, 0.1) is 13.8 Å². The highest BCUT2D eigenvalue weighted by molar-refractivity contribution is 7.21. The monoisotopic (exact) mass is 492 g/mol. The molecule has 5 nitrogen and oxygen atoms in total. The van der Waals surface area contributed by atoms with E-state index in [4.69, 9.17) is 26.2 Å². The van der Waals surface area contributed by atoms with Gasteiger partial charge in [-0.2, -0.15) is 0 Å². The van der Waals surface area contributed by atoms with Crippen LogP contribution < -0.4 is 9.47 Å². The Balaban J connectivity index is 1.80. The molecule has 0 spiro atoms. The summed E-state index contributed by atoms with van der Waals surface area (Å²) in [5, 5.41) is 10.2. The number of hydrogen-bond donors (Lipinski definition) is 1. The summed E-state index contributed by atoms with van der Waals surface area (Å²) in [6, 6.07) is 16.1. The second-order valence-electron chi connectivity index (χ2n) is 7.71. The second-order valence-corrected chi connectivity index (χ2v) is 9.20. The Morgan fingerprint density at radius 1 is 0.971 bits per heavy atom. The van der Waals surface area contributed by atoms with Crippen LogP contribution in [-0.2, 0) is 4.79 Å². The lowest BCUT2D eigenvalue weighted by molar-refractivity contribution is -0.131. The molecule has 172 valence electrons. The van der Waals surface area contributed by atoms with Crippen LogP contribution in [-0.4, -0.2) is 24.0 Å². The van der Waals surface area contributed by atoms with E-state index in [9.17, 15) is 9.59 Å². The number of benzene rings is 3. The van der Waals surface area contributed by atoms with Gasteiger partial charge in [0.1, 0.15) is 16.4 Å². The van der Waals surface area contributed by atoms with Gasteiger partial charge in [0.05, 0.1) is 7.11 Å². The summed E-state index contributed by atoms with van der Waals surface area (Å²) in [6.45, 7) is 3.73. The Morgan fingerprint density at radius 3 is 2.24 bits per heavy atom. The smallest absolute Gasteiger partial charge is 0.328 e. The first kappa shape index (κ1) is 23.5. The Bertz CT molecular complexity index is 1410. The molecule has 7 heteroatoms. The zero-order valence-electron chi connectivity index (χ0n) is 18.7. The summed E-state index contributed by atoms with van der Waals surface area (Å²) >= 11 is 7.52. The number of thiophene rings is 1. The van der Waals surface area contributed by atoms with Crippen molar-refractivity contribution in [2.75, 3.05) is 7.11 Å². The largest absolute Gasteiger partial charge is 0.497 e. The summed E-state index contributed by atoms with van der Waals surface area (Å²) in [5.41, 5.74) is 2.91. The number of carbonyl (C=O) groups is 2. The maximum Gasteiger partial charge on any atom is 0.328 e. The molecular formula is C27H21ClO5S. The van der Waals surface area contributed by atoms with E-state index >= 15 is 0 Å². The highest BCUT2D eigenvalue weighted by Crippen LogP contribution is 2.43. The van der Waals surface area contributed by atoms with Gasteiger partial charge in [-0.3, -0.25) is 4.79 Å². The third-order valence-electron chi connectivity index (χ3n) is 5.30. The van der Waals surface area contributed by atoms with Crippen molar-refractivity contribution in [3.63, 3.8) is 0 Å². The topological polar surface area (TPSA) is 72.8 Å². The number of methoxy groups -OCH3 is 1. The first-order chi connectivity index (χ1) is 16.3. The molecule has 0 aliphatic rings. The normalized spacial score (nSPS) is 11.2. The lowest BCUT2D eigenvalue weighted by Crippen LogP contribution is -2.06. The van der Waals surface area contributed by atoms with Crippen molar-refractivity contribution in [3.8, 4) is 17.2 Å². The summed E-state index contributed by atoms with van der Waals surface area (Å²) in [7, 11) is 1.60. The maximum absolute atomic E-state index is 13.7. The van der Waals surface area contributed by atoms with E-state index in [2.05, 4.69) is 0 Å². The average molecular weight is 493 g/mol. The molecule has 1 aromatic heterocycles. The molecule has 34 heavy (non-hydrogen) atoms. The molecule has 1 N–H and O–H groups in total. The molecule has 4 rings (SSSR count). The third kappa shape index (κ3) is 4.83. The first-order valence-corrected chi connectivity index (χ1v) is 11.6. The van der Waals surface area contributed by atoms with Crippen molar-refractivity contribution >= 4 is 50.9 Å². The minimum atomic E-state index is -1.02. The van der Waals surface area contributed by atoms with Gasteiger partial charge in [-0.05, 0) is 79.1 Å². The number of ketones is 1. The van der Waals surface area contributed by atoms with E-state index in [1.165, 1.54) is 17.4 Å². The fraction of sp³-hybridized carbons (Fsp3) is 0.111. The van der Waals surface area contributed by atoms with E-state index in [0.717, 1.165) is 32.9 Å². The first-order valence-electron chi connectivity index (χ1n) is 10.4. The van der Waals surface area contributed by atoms with Crippen LogP contribution in [0.4, 0.5) is 0 Å². The predicted octanol–water partition coefficient (Wildman–Crippen LogP) is 7.30. The maximum atomic E-state index is 13.7. The Hall–Kier alpha value is -3.61. The van der Waals surface area contributed by atoms with Gasteiger partial charge in [0.15, 0.2) is 5.75 Å². The molecular weight excluding hydrogens is 472 g/mol. The van der Waals surface area contributed by atoms with Gasteiger partial charge >= 0.3 is 5.97 Å². The van der Waals surface area contributed by atoms with Gasteiger partial charge in [-0.1, -0.05) is 23.7 Å². The Morgan fingerprint density at radius 2 is 1.62 bits per heavy atom. The number of carboxylic acids is 1. The molecule has 0 atom stereocenters. The molecule has 0 saturated carbocycles. The quantitative estimate of drug-likeness (QED) is 0.216. The molecule has 0 bridgehead atoms. The van der Waals surface area contributed by atoms with E-state index in [0.29, 0.717) is 32.7 Å². The summed E-state index contributed by atoms with van der Waals surface area (Å²) in [4.78, 5) is 25.0. The molecule has 0 saturated heterocycles. The minimum absolute atomic E-state index is 0.136. The third-order valence-corrected chi connectivity index (χ3v) is 6.65. The van der Waals surface area contributed by atoms with Crippen molar-refractivity contribution in [1.82, 2.24) is 0 Å². The second kappa shape index (κ2) is 9.71. The Labute approximate surface area is 205 Å². The predicted molar refractivity (Wildman–Crippen MR) is 136 cm³/mol. The van der Waals surface area contributed by atoms with Crippen LogP contribution in [0.3, 0.4) is 0 Å². The molecule has 0 amide bonds. The highest BCUT2D eigenvalue weighted by Gasteiger charge is 2.25. The van der Waals surface area contributed by atoms with E-state index < -0.39 is 5.97 Å². The van der Waals surface area contributed by atoms with Crippen LogP contribution in [0.5, 0.6) is 17.2 Å². The van der Waals surface area contributed by atoms with Crippen LogP contribution >= 0.6 is 22.9 Å². The fourth-order valence-electron chi connectivity index (χ4n) is 3.75. The fourth-order valence-corrected chi connectivity index (χ4v) is 5.18. The van der Waals surface area contributed by atoms with Crippen LogP contribution in [0.2, 0.25) is 5.02 Å².